The smallest absolute Gasteiger partial charge is 0.264 e. The Kier molecular flexibility index (Phi) is 4.29. The number of H-pyrrole nitrogens is 1. The Morgan fingerprint density at radius 2 is 1.83 bits per heavy atom. The number of benzene rings is 2. The minimum Gasteiger partial charge on any atom is -0.309 e. The normalized spacial score (nSPS) is 15.6. The molecule has 1 aliphatic rings. The van der Waals surface area contributed by atoms with Crippen molar-refractivity contribution < 1.29 is 0 Å². The van der Waals surface area contributed by atoms with Crippen LogP contribution in [0.15, 0.2) is 53.6 Å². The van der Waals surface area contributed by atoms with E-state index in [1.165, 1.54) is 5.56 Å². The minimum atomic E-state index is -0.273. The van der Waals surface area contributed by atoms with E-state index in [4.69, 9.17) is 12.2 Å². The van der Waals surface area contributed by atoms with Gasteiger partial charge in [-0.3, -0.25) is 14.3 Å². The van der Waals surface area contributed by atoms with Gasteiger partial charge in [0.25, 0.3) is 5.56 Å². The molecule has 0 unspecified atom stereocenters. The van der Waals surface area contributed by atoms with Gasteiger partial charge < -0.3 is 4.90 Å². The van der Waals surface area contributed by atoms with Gasteiger partial charge in [0, 0.05) is 11.7 Å². The number of aromatic nitrogens is 4. The number of nitrogens with one attached hydrogen (secondary N) is 1. The van der Waals surface area contributed by atoms with Gasteiger partial charge in [0.15, 0.2) is 5.65 Å². The van der Waals surface area contributed by atoms with Crippen LogP contribution in [0.2, 0.25) is 0 Å². The van der Waals surface area contributed by atoms with Gasteiger partial charge in [0.1, 0.15) is 16.4 Å². The second-order valence-electron chi connectivity index (χ2n) is 7.80. The van der Waals surface area contributed by atoms with Crippen LogP contribution in [0, 0.1) is 18.5 Å². The van der Waals surface area contributed by atoms with Crippen LogP contribution in [0.4, 0.5) is 11.6 Å². The van der Waals surface area contributed by atoms with E-state index >= 15 is 0 Å². The van der Waals surface area contributed by atoms with Crippen LogP contribution in [-0.4, -0.2) is 25.6 Å². The van der Waals surface area contributed by atoms with Crippen LogP contribution < -0.4 is 10.5 Å². The maximum atomic E-state index is 13.1. The number of anilines is 2. The van der Waals surface area contributed by atoms with Crippen molar-refractivity contribution >= 4 is 34.9 Å². The molecule has 4 aromatic rings. The fourth-order valence-corrected chi connectivity index (χ4v) is 4.69. The number of hydrogen-bond acceptors (Lipinski definition) is 5. The lowest BCUT2D eigenvalue weighted by atomic mass is 10.1. The van der Waals surface area contributed by atoms with E-state index in [0.29, 0.717) is 21.6 Å². The van der Waals surface area contributed by atoms with E-state index in [1.807, 2.05) is 44.2 Å². The fourth-order valence-electron chi connectivity index (χ4n) is 4.37. The number of para-hydroxylation sites is 2. The van der Waals surface area contributed by atoms with Gasteiger partial charge in [0.05, 0.1) is 5.69 Å². The number of hydrogen-bond donors (Lipinski definition) is 1. The molecule has 6 nitrogen and oxygen atoms in total. The van der Waals surface area contributed by atoms with E-state index in [0.717, 1.165) is 28.9 Å². The summed E-state index contributed by atoms with van der Waals surface area (Å²) >= 11 is 5.70. The maximum Gasteiger partial charge on any atom is 0.264 e. The number of aromatic amines is 1. The first-order valence-electron chi connectivity index (χ1n) is 9.91. The van der Waals surface area contributed by atoms with E-state index < -0.39 is 0 Å². The van der Waals surface area contributed by atoms with E-state index in [-0.39, 0.29) is 11.6 Å². The molecular weight excluding hydrogens is 394 g/mol. The lowest BCUT2D eigenvalue weighted by Crippen LogP contribution is -2.28. The summed E-state index contributed by atoms with van der Waals surface area (Å²) < 4.78 is 2.21. The Balaban J connectivity index is 1.71. The SMILES string of the molecule is Cc1cccc(C)c1-n1cnc2nc(N3c4ccccc4C[C@@H]3C)[nH]c(=O)c2c1=S. The van der Waals surface area contributed by atoms with Crippen molar-refractivity contribution in [1.82, 2.24) is 19.5 Å². The number of rotatable bonds is 2. The first-order valence-corrected chi connectivity index (χ1v) is 10.3. The molecule has 150 valence electrons. The van der Waals surface area contributed by atoms with Crippen molar-refractivity contribution in [1.29, 1.82) is 0 Å². The van der Waals surface area contributed by atoms with Crippen LogP contribution in [0.1, 0.15) is 23.6 Å². The Bertz CT molecular complexity index is 1400. The lowest BCUT2D eigenvalue weighted by molar-refractivity contribution is 0.739. The van der Waals surface area contributed by atoms with Crippen LogP contribution in [0.5, 0.6) is 0 Å². The Morgan fingerprint density at radius 1 is 1.10 bits per heavy atom. The Morgan fingerprint density at radius 3 is 2.60 bits per heavy atom. The van der Waals surface area contributed by atoms with E-state index in [2.05, 4.69) is 38.9 Å². The quantitative estimate of drug-likeness (QED) is 0.487. The summed E-state index contributed by atoms with van der Waals surface area (Å²) in [4.78, 5) is 27.3. The van der Waals surface area contributed by atoms with Crippen LogP contribution >= 0.6 is 12.2 Å². The molecule has 0 saturated carbocycles. The molecule has 30 heavy (non-hydrogen) atoms. The summed E-state index contributed by atoms with van der Waals surface area (Å²) in [6.45, 7) is 6.16. The molecule has 2 aromatic carbocycles. The molecule has 0 spiro atoms. The molecule has 1 atom stereocenters. The third-order valence-electron chi connectivity index (χ3n) is 5.73. The largest absolute Gasteiger partial charge is 0.309 e. The highest BCUT2D eigenvalue weighted by Crippen LogP contribution is 2.36. The summed E-state index contributed by atoms with van der Waals surface area (Å²) in [6.07, 6.45) is 2.57. The standard InChI is InChI=1S/C23H21N5OS/c1-13-7-6-8-14(2)19(13)27-12-24-20-18(22(27)30)21(29)26-23(25-20)28-15(3)11-16-9-4-5-10-17(16)28/h4-10,12,15H,11H2,1-3H3,(H,25,26,29)/t15-/m0/s1. The molecule has 0 aliphatic carbocycles. The van der Waals surface area contributed by atoms with Crippen molar-refractivity contribution in [2.24, 2.45) is 0 Å². The summed E-state index contributed by atoms with van der Waals surface area (Å²) in [5.41, 5.74) is 5.47. The average Bonchev–Trinajstić information content (AvgIpc) is 3.04. The van der Waals surface area contributed by atoms with Gasteiger partial charge in [-0.2, -0.15) is 4.98 Å². The zero-order valence-electron chi connectivity index (χ0n) is 17.0. The van der Waals surface area contributed by atoms with Crippen molar-refractivity contribution in [2.75, 3.05) is 4.90 Å². The maximum absolute atomic E-state index is 13.1. The van der Waals surface area contributed by atoms with Crippen LogP contribution in [0.3, 0.4) is 0 Å². The van der Waals surface area contributed by atoms with E-state index in [1.54, 1.807) is 10.9 Å². The molecule has 1 aliphatic heterocycles. The van der Waals surface area contributed by atoms with Crippen molar-refractivity contribution in [3.05, 3.63) is 80.5 Å². The molecule has 0 amide bonds. The third kappa shape index (κ3) is 2.77. The third-order valence-corrected chi connectivity index (χ3v) is 6.13. The number of nitrogens with zero attached hydrogens (tertiary/aromatic N) is 4. The minimum absolute atomic E-state index is 0.189. The monoisotopic (exact) mass is 415 g/mol. The molecule has 0 saturated heterocycles. The first kappa shape index (κ1) is 18.7. The van der Waals surface area contributed by atoms with Gasteiger partial charge in [0.2, 0.25) is 5.95 Å². The Hall–Kier alpha value is -3.32. The highest BCUT2D eigenvalue weighted by molar-refractivity contribution is 7.71. The number of fused-ring (bicyclic) bond motifs is 2. The predicted molar refractivity (Wildman–Crippen MR) is 122 cm³/mol. The van der Waals surface area contributed by atoms with Gasteiger partial charge in [-0.25, -0.2) is 4.98 Å². The molecule has 1 N–H and O–H groups in total. The van der Waals surface area contributed by atoms with Gasteiger partial charge >= 0.3 is 0 Å². The van der Waals surface area contributed by atoms with Crippen molar-refractivity contribution in [3.63, 3.8) is 0 Å². The predicted octanol–water partition coefficient (Wildman–Crippen LogP) is 4.54. The van der Waals surface area contributed by atoms with Crippen LogP contribution in [0.25, 0.3) is 16.7 Å². The second kappa shape index (κ2) is 6.88. The highest BCUT2D eigenvalue weighted by atomic mass is 32.1. The summed E-state index contributed by atoms with van der Waals surface area (Å²) in [5, 5.41) is 0.332. The van der Waals surface area contributed by atoms with Crippen molar-refractivity contribution in [2.45, 2.75) is 33.2 Å². The number of aryl methyl sites for hydroxylation is 2. The average molecular weight is 416 g/mol. The topological polar surface area (TPSA) is 66.8 Å². The fraction of sp³-hybridized carbons (Fsp3) is 0.217. The highest BCUT2D eigenvalue weighted by Gasteiger charge is 2.29. The van der Waals surface area contributed by atoms with Crippen molar-refractivity contribution in [3.8, 4) is 5.69 Å². The van der Waals surface area contributed by atoms with Gasteiger partial charge in [-0.15, -0.1) is 0 Å². The Labute approximate surface area is 178 Å². The molecule has 7 heteroatoms. The lowest BCUT2D eigenvalue weighted by Gasteiger charge is -2.23. The summed E-state index contributed by atoms with van der Waals surface area (Å²) in [5.74, 6) is 0.497. The molecular formula is C23H21N5OS. The molecule has 5 rings (SSSR count). The second-order valence-corrected chi connectivity index (χ2v) is 8.19. The summed E-state index contributed by atoms with van der Waals surface area (Å²) in [7, 11) is 0. The van der Waals surface area contributed by atoms with Gasteiger partial charge in [-0.1, -0.05) is 48.6 Å². The first-order chi connectivity index (χ1) is 14.5. The molecule has 2 aromatic heterocycles. The van der Waals surface area contributed by atoms with Crippen LogP contribution in [-0.2, 0) is 6.42 Å². The molecule has 0 fully saturated rings. The molecule has 3 heterocycles. The van der Waals surface area contributed by atoms with Gasteiger partial charge in [-0.05, 0) is 49.9 Å². The molecule has 0 radical (unpaired) electrons. The zero-order chi connectivity index (χ0) is 21.0. The summed E-state index contributed by atoms with van der Waals surface area (Å²) in [6, 6.07) is 14.4. The molecule has 0 bridgehead atoms. The zero-order valence-corrected chi connectivity index (χ0v) is 17.8. The van der Waals surface area contributed by atoms with E-state index in [9.17, 15) is 4.79 Å².